The van der Waals surface area contributed by atoms with Gasteiger partial charge in [-0.15, -0.1) is 0 Å². The van der Waals surface area contributed by atoms with Gasteiger partial charge in [0, 0.05) is 21.3 Å². The average molecular weight is 569 g/mol. The molecule has 0 aliphatic carbocycles. The van der Waals surface area contributed by atoms with E-state index in [-0.39, 0.29) is 22.7 Å². The van der Waals surface area contributed by atoms with E-state index in [0.29, 0.717) is 27.0 Å². The summed E-state index contributed by atoms with van der Waals surface area (Å²) in [6, 6.07) is 18.7. The fraction of sp³-hybridized carbons (Fsp3) is 0.154. The van der Waals surface area contributed by atoms with E-state index in [4.69, 9.17) is 17.0 Å². The SMILES string of the molecule is Cc1ccccc1C(=O)Nc1ccc(C(=O)NNC(=S)NC(=O)c2cc(Br)ccc2OC(C)C)cc1. The molecule has 36 heavy (non-hydrogen) atoms. The van der Waals surface area contributed by atoms with Gasteiger partial charge in [0.2, 0.25) is 0 Å². The third kappa shape index (κ3) is 7.37. The molecule has 186 valence electrons. The van der Waals surface area contributed by atoms with Gasteiger partial charge in [-0.25, -0.2) is 0 Å². The maximum absolute atomic E-state index is 12.7. The topological polar surface area (TPSA) is 109 Å². The first-order chi connectivity index (χ1) is 17.1. The Morgan fingerprint density at radius 2 is 1.56 bits per heavy atom. The fourth-order valence-electron chi connectivity index (χ4n) is 3.15. The highest BCUT2D eigenvalue weighted by Crippen LogP contribution is 2.24. The number of ether oxygens (including phenoxy) is 1. The van der Waals surface area contributed by atoms with E-state index in [0.717, 1.165) is 5.56 Å². The minimum Gasteiger partial charge on any atom is -0.490 e. The second kappa shape index (κ2) is 12.3. The standard InChI is InChI=1S/C26H25BrN4O4S/c1-15(2)35-22-13-10-18(27)14-21(22)25(34)29-26(36)31-30-23(32)17-8-11-19(12-9-17)28-24(33)20-7-5-4-6-16(20)3/h4-15H,1-3H3,(H,28,33)(H,30,32)(H2,29,31,34,36). The molecule has 0 atom stereocenters. The van der Waals surface area contributed by atoms with Gasteiger partial charge in [0.25, 0.3) is 17.7 Å². The van der Waals surface area contributed by atoms with Gasteiger partial charge in [-0.3, -0.25) is 30.6 Å². The van der Waals surface area contributed by atoms with Crippen molar-refractivity contribution in [2.24, 2.45) is 0 Å². The Kier molecular flexibility index (Phi) is 9.15. The van der Waals surface area contributed by atoms with Crippen LogP contribution in [0.4, 0.5) is 5.69 Å². The molecule has 3 aromatic rings. The summed E-state index contributed by atoms with van der Waals surface area (Å²) >= 11 is 8.47. The molecule has 8 nitrogen and oxygen atoms in total. The number of nitrogens with one attached hydrogen (secondary N) is 4. The number of hydrazine groups is 1. The summed E-state index contributed by atoms with van der Waals surface area (Å²) in [4.78, 5) is 37.6. The van der Waals surface area contributed by atoms with Crippen molar-refractivity contribution < 1.29 is 19.1 Å². The number of anilines is 1. The predicted molar refractivity (Wildman–Crippen MR) is 146 cm³/mol. The number of thiocarbonyl (C=S) groups is 1. The first-order valence-electron chi connectivity index (χ1n) is 11.0. The van der Waals surface area contributed by atoms with Gasteiger partial charge in [0.05, 0.1) is 11.7 Å². The highest BCUT2D eigenvalue weighted by atomic mass is 79.9. The molecule has 0 spiro atoms. The third-order valence-electron chi connectivity index (χ3n) is 4.86. The lowest BCUT2D eigenvalue weighted by atomic mass is 10.1. The largest absolute Gasteiger partial charge is 0.490 e. The van der Waals surface area contributed by atoms with Crippen molar-refractivity contribution in [3.63, 3.8) is 0 Å². The van der Waals surface area contributed by atoms with Crippen LogP contribution in [-0.4, -0.2) is 28.9 Å². The fourth-order valence-corrected chi connectivity index (χ4v) is 3.66. The molecule has 3 aromatic carbocycles. The van der Waals surface area contributed by atoms with Crippen molar-refractivity contribution in [3.05, 3.63) is 93.5 Å². The number of aryl methyl sites for hydroxylation is 1. The minimum absolute atomic E-state index is 0.0917. The first kappa shape index (κ1) is 26.8. The van der Waals surface area contributed by atoms with Crippen molar-refractivity contribution in [2.45, 2.75) is 26.9 Å². The Hall–Kier alpha value is -3.76. The number of benzene rings is 3. The van der Waals surface area contributed by atoms with Gasteiger partial charge in [-0.05, 0) is 87.1 Å². The van der Waals surface area contributed by atoms with Gasteiger partial charge in [0.15, 0.2) is 5.11 Å². The summed E-state index contributed by atoms with van der Waals surface area (Å²) in [6.07, 6.45) is -0.121. The van der Waals surface area contributed by atoms with Gasteiger partial charge >= 0.3 is 0 Å². The maximum Gasteiger partial charge on any atom is 0.269 e. The first-order valence-corrected chi connectivity index (χ1v) is 12.2. The van der Waals surface area contributed by atoms with Crippen LogP contribution < -0.4 is 26.2 Å². The van der Waals surface area contributed by atoms with Crippen molar-refractivity contribution >= 4 is 56.7 Å². The van der Waals surface area contributed by atoms with Crippen LogP contribution >= 0.6 is 28.1 Å². The lowest BCUT2D eigenvalue weighted by molar-refractivity contribution is 0.0933. The molecule has 0 fully saturated rings. The normalized spacial score (nSPS) is 10.4. The predicted octanol–water partition coefficient (Wildman–Crippen LogP) is 4.75. The summed E-state index contributed by atoms with van der Waals surface area (Å²) in [5.74, 6) is -0.797. The van der Waals surface area contributed by atoms with Crippen molar-refractivity contribution in [3.8, 4) is 5.75 Å². The van der Waals surface area contributed by atoms with Gasteiger partial charge in [0.1, 0.15) is 5.75 Å². The molecule has 0 radical (unpaired) electrons. The van der Waals surface area contributed by atoms with Crippen LogP contribution in [-0.2, 0) is 0 Å². The quantitative estimate of drug-likeness (QED) is 0.252. The molecule has 0 aliphatic rings. The van der Waals surface area contributed by atoms with Crippen molar-refractivity contribution in [1.82, 2.24) is 16.2 Å². The second-order valence-corrected chi connectivity index (χ2v) is 9.34. The minimum atomic E-state index is -0.493. The molecule has 0 saturated heterocycles. The number of carbonyl (C=O) groups excluding carboxylic acids is 3. The number of hydrogen-bond acceptors (Lipinski definition) is 5. The molecule has 3 rings (SSSR count). The molecule has 4 N–H and O–H groups in total. The molecule has 0 heterocycles. The zero-order valence-corrected chi connectivity index (χ0v) is 22.2. The second-order valence-electron chi connectivity index (χ2n) is 8.02. The van der Waals surface area contributed by atoms with E-state index in [1.807, 2.05) is 32.9 Å². The van der Waals surface area contributed by atoms with Crippen LogP contribution in [0.25, 0.3) is 0 Å². The summed E-state index contributed by atoms with van der Waals surface area (Å²) in [5.41, 5.74) is 7.54. The van der Waals surface area contributed by atoms with Crippen molar-refractivity contribution in [1.29, 1.82) is 0 Å². The average Bonchev–Trinajstić information content (AvgIpc) is 2.84. The Morgan fingerprint density at radius 1 is 0.861 bits per heavy atom. The van der Waals surface area contributed by atoms with Crippen LogP contribution in [0, 0.1) is 6.92 Å². The van der Waals surface area contributed by atoms with Gasteiger partial charge in [-0.2, -0.15) is 0 Å². The summed E-state index contributed by atoms with van der Waals surface area (Å²) in [7, 11) is 0. The Balaban J connectivity index is 1.54. The number of halogens is 1. The highest BCUT2D eigenvalue weighted by molar-refractivity contribution is 9.10. The molecule has 0 saturated carbocycles. The Morgan fingerprint density at radius 3 is 2.22 bits per heavy atom. The smallest absolute Gasteiger partial charge is 0.269 e. The molecular weight excluding hydrogens is 544 g/mol. The molecule has 0 aromatic heterocycles. The molecule has 10 heteroatoms. The molecule has 0 bridgehead atoms. The van der Waals surface area contributed by atoms with E-state index >= 15 is 0 Å². The lowest BCUT2D eigenvalue weighted by Gasteiger charge is -2.15. The van der Waals surface area contributed by atoms with E-state index in [2.05, 4.69) is 37.4 Å². The van der Waals surface area contributed by atoms with Gasteiger partial charge in [-0.1, -0.05) is 34.1 Å². The van der Waals surface area contributed by atoms with Crippen LogP contribution in [0.5, 0.6) is 5.75 Å². The number of rotatable bonds is 6. The Labute approximate surface area is 222 Å². The van der Waals surface area contributed by atoms with Crippen LogP contribution in [0.2, 0.25) is 0 Å². The number of carbonyl (C=O) groups is 3. The summed E-state index contributed by atoms with van der Waals surface area (Å²) < 4.78 is 6.39. The van der Waals surface area contributed by atoms with Gasteiger partial charge < -0.3 is 10.1 Å². The van der Waals surface area contributed by atoms with E-state index in [9.17, 15) is 14.4 Å². The summed E-state index contributed by atoms with van der Waals surface area (Å²) in [5, 5.41) is 5.23. The highest BCUT2D eigenvalue weighted by Gasteiger charge is 2.16. The summed E-state index contributed by atoms with van der Waals surface area (Å²) in [6.45, 7) is 5.58. The molecule has 3 amide bonds. The lowest BCUT2D eigenvalue weighted by Crippen LogP contribution is -2.48. The van der Waals surface area contributed by atoms with E-state index in [1.54, 1.807) is 54.6 Å². The molecular formula is C26H25BrN4O4S. The van der Waals surface area contributed by atoms with Crippen LogP contribution in [0.1, 0.15) is 50.5 Å². The van der Waals surface area contributed by atoms with Crippen LogP contribution in [0.3, 0.4) is 0 Å². The zero-order valence-electron chi connectivity index (χ0n) is 19.8. The van der Waals surface area contributed by atoms with Crippen molar-refractivity contribution in [2.75, 3.05) is 5.32 Å². The third-order valence-corrected chi connectivity index (χ3v) is 5.56. The van der Waals surface area contributed by atoms with Crippen LogP contribution in [0.15, 0.2) is 71.2 Å². The zero-order chi connectivity index (χ0) is 26.2. The molecule has 0 aliphatic heterocycles. The number of hydrogen-bond donors (Lipinski definition) is 4. The molecule has 0 unspecified atom stereocenters. The van der Waals surface area contributed by atoms with E-state index in [1.165, 1.54) is 0 Å². The maximum atomic E-state index is 12.7. The monoisotopic (exact) mass is 568 g/mol. The van der Waals surface area contributed by atoms with E-state index < -0.39 is 11.8 Å². The number of amides is 3. The Bertz CT molecular complexity index is 1300.